The quantitative estimate of drug-likeness (QED) is 0.501. The van der Waals surface area contributed by atoms with Gasteiger partial charge in [0, 0.05) is 51.4 Å². The zero-order valence-corrected chi connectivity index (χ0v) is 17.0. The van der Waals surface area contributed by atoms with E-state index in [0.29, 0.717) is 31.9 Å². The van der Waals surface area contributed by atoms with E-state index in [4.69, 9.17) is 9.47 Å². The average molecular weight is 428 g/mol. The van der Waals surface area contributed by atoms with Gasteiger partial charge in [0.15, 0.2) is 0 Å². The number of nitrogens with zero attached hydrogens (tertiary/aromatic N) is 4. The van der Waals surface area contributed by atoms with Crippen LogP contribution in [0.4, 0.5) is 16.2 Å². The summed E-state index contributed by atoms with van der Waals surface area (Å²) in [5.74, 6) is 0. The maximum Gasteiger partial charge on any atom is 0.409 e. The predicted octanol–water partition coefficient (Wildman–Crippen LogP) is 0.894. The smallest absolute Gasteiger partial charge is 0.409 e. The van der Waals surface area contributed by atoms with Gasteiger partial charge in [0.2, 0.25) is 10.0 Å². The molecule has 29 heavy (non-hydrogen) atoms. The summed E-state index contributed by atoms with van der Waals surface area (Å²) in [6.07, 6.45) is -0.406. The third-order valence-corrected chi connectivity index (χ3v) is 6.82. The molecule has 2 heterocycles. The summed E-state index contributed by atoms with van der Waals surface area (Å²) in [5.41, 5.74) is 0.108. The standard InChI is InChI=1S/C17H24N4O7S/c1-2-28-17(22)19-7-5-18(6-8-19)15-4-3-14(21(23)24)13-16(15)29(25,26)20-9-11-27-12-10-20/h3-4,13H,2,5-12H2,1H3. The molecule has 0 aliphatic carbocycles. The van der Waals surface area contributed by atoms with Crippen molar-refractivity contribution in [3.8, 4) is 0 Å². The molecule has 2 aliphatic rings. The molecule has 0 spiro atoms. The first-order chi connectivity index (χ1) is 13.8. The van der Waals surface area contributed by atoms with E-state index >= 15 is 0 Å². The molecular weight excluding hydrogens is 404 g/mol. The Morgan fingerprint density at radius 2 is 1.83 bits per heavy atom. The van der Waals surface area contributed by atoms with Gasteiger partial charge in [-0.15, -0.1) is 0 Å². The maximum absolute atomic E-state index is 13.2. The summed E-state index contributed by atoms with van der Waals surface area (Å²) in [5, 5.41) is 11.2. The molecule has 2 fully saturated rings. The van der Waals surface area contributed by atoms with Gasteiger partial charge in [-0.3, -0.25) is 10.1 Å². The van der Waals surface area contributed by atoms with Gasteiger partial charge in [-0.25, -0.2) is 13.2 Å². The number of hydrogen-bond acceptors (Lipinski definition) is 8. The maximum atomic E-state index is 13.2. The van der Waals surface area contributed by atoms with E-state index < -0.39 is 21.0 Å². The number of ether oxygens (including phenoxy) is 2. The number of nitro groups is 1. The van der Waals surface area contributed by atoms with Crippen molar-refractivity contribution >= 4 is 27.5 Å². The number of sulfonamides is 1. The molecule has 0 unspecified atom stereocenters. The lowest BCUT2D eigenvalue weighted by atomic mass is 10.2. The highest BCUT2D eigenvalue weighted by Crippen LogP contribution is 2.32. The molecule has 2 saturated heterocycles. The first-order valence-electron chi connectivity index (χ1n) is 9.37. The first-order valence-corrected chi connectivity index (χ1v) is 10.8. The zero-order valence-electron chi connectivity index (χ0n) is 16.2. The molecule has 12 heteroatoms. The number of non-ortho nitro benzene ring substituents is 1. The predicted molar refractivity (Wildman–Crippen MR) is 103 cm³/mol. The highest BCUT2D eigenvalue weighted by Gasteiger charge is 2.33. The number of morpholine rings is 1. The second-order valence-electron chi connectivity index (χ2n) is 6.60. The molecule has 0 radical (unpaired) electrons. The van der Waals surface area contributed by atoms with Crippen LogP contribution in [-0.2, 0) is 19.5 Å². The van der Waals surface area contributed by atoms with Crippen molar-refractivity contribution < 1.29 is 27.6 Å². The number of amides is 1. The van der Waals surface area contributed by atoms with Crippen molar-refractivity contribution in [1.82, 2.24) is 9.21 Å². The number of piperazine rings is 1. The number of benzene rings is 1. The van der Waals surface area contributed by atoms with Gasteiger partial charge in [0.1, 0.15) is 4.90 Å². The summed E-state index contributed by atoms with van der Waals surface area (Å²) in [4.78, 5) is 25.8. The Morgan fingerprint density at radius 1 is 1.17 bits per heavy atom. The number of rotatable bonds is 5. The summed E-state index contributed by atoms with van der Waals surface area (Å²) >= 11 is 0. The molecule has 0 aromatic heterocycles. The second-order valence-corrected chi connectivity index (χ2v) is 8.50. The minimum atomic E-state index is -3.93. The molecule has 0 bridgehead atoms. The molecule has 0 N–H and O–H groups in total. The normalized spacial score (nSPS) is 18.5. The van der Waals surface area contributed by atoms with E-state index in [1.165, 1.54) is 16.4 Å². The van der Waals surface area contributed by atoms with Gasteiger partial charge >= 0.3 is 6.09 Å². The van der Waals surface area contributed by atoms with Crippen molar-refractivity contribution in [1.29, 1.82) is 0 Å². The number of hydrogen-bond donors (Lipinski definition) is 0. The minimum absolute atomic E-state index is 0.0989. The molecule has 2 aliphatic heterocycles. The summed E-state index contributed by atoms with van der Waals surface area (Å²) in [6, 6.07) is 3.87. The van der Waals surface area contributed by atoms with Crippen molar-refractivity contribution in [2.24, 2.45) is 0 Å². The van der Waals surface area contributed by atoms with Crippen LogP contribution in [0.15, 0.2) is 23.1 Å². The van der Waals surface area contributed by atoms with Crippen LogP contribution in [0.3, 0.4) is 0 Å². The molecule has 11 nitrogen and oxygen atoms in total. The van der Waals surface area contributed by atoms with Crippen LogP contribution in [0.25, 0.3) is 0 Å². The zero-order chi connectivity index (χ0) is 21.0. The Hall–Kier alpha value is -2.44. The van der Waals surface area contributed by atoms with Crippen LogP contribution in [0.5, 0.6) is 0 Å². The highest BCUT2D eigenvalue weighted by molar-refractivity contribution is 7.89. The van der Waals surface area contributed by atoms with Crippen LogP contribution < -0.4 is 4.90 Å². The number of anilines is 1. The molecule has 3 rings (SSSR count). The fraction of sp³-hybridized carbons (Fsp3) is 0.588. The Morgan fingerprint density at radius 3 is 2.41 bits per heavy atom. The van der Waals surface area contributed by atoms with E-state index in [-0.39, 0.29) is 43.5 Å². The van der Waals surface area contributed by atoms with E-state index in [9.17, 15) is 23.3 Å². The molecule has 0 atom stereocenters. The summed E-state index contributed by atoms with van der Waals surface area (Å²) in [7, 11) is -3.93. The molecule has 1 aromatic rings. The van der Waals surface area contributed by atoms with Crippen molar-refractivity contribution in [3.05, 3.63) is 28.3 Å². The van der Waals surface area contributed by atoms with Crippen molar-refractivity contribution in [3.63, 3.8) is 0 Å². The average Bonchev–Trinajstić information content (AvgIpc) is 2.74. The van der Waals surface area contributed by atoms with E-state index in [1.807, 2.05) is 4.90 Å². The third kappa shape index (κ3) is 4.60. The fourth-order valence-electron chi connectivity index (χ4n) is 3.35. The Kier molecular flexibility index (Phi) is 6.55. The van der Waals surface area contributed by atoms with Crippen LogP contribution in [0.1, 0.15) is 6.92 Å². The Bertz CT molecular complexity index is 863. The number of carbonyl (C=O) groups excluding carboxylic acids is 1. The first kappa shape index (κ1) is 21.3. The lowest BCUT2D eigenvalue weighted by molar-refractivity contribution is -0.385. The lowest BCUT2D eigenvalue weighted by Crippen LogP contribution is -2.49. The van der Waals surface area contributed by atoms with E-state index in [0.717, 1.165) is 6.07 Å². The van der Waals surface area contributed by atoms with Crippen molar-refractivity contribution in [2.75, 3.05) is 64.0 Å². The molecule has 1 aromatic carbocycles. The number of nitro benzene ring substituents is 1. The van der Waals surface area contributed by atoms with E-state index in [2.05, 4.69) is 0 Å². The summed E-state index contributed by atoms with van der Waals surface area (Å²) < 4.78 is 37.9. The molecule has 160 valence electrons. The van der Waals surface area contributed by atoms with Gasteiger partial charge in [-0.2, -0.15) is 4.31 Å². The minimum Gasteiger partial charge on any atom is -0.450 e. The van der Waals surface area contributed by atoms with Gasteiger partial charge in [-0.05, 0) is 13.0 Å². The molecule has 0 saturated carbocycles. The van der Waals surface area contributed by atoms with Crippen LogP contribution in [0, 0.1) is 10.1 Å². The van der Waals surface area contributed by atoms with Crippen molar-refractivity contribution in [2.45, 2.75) is 11.8 Å². The highest BCUT2D eigenvalue weighted by atomic mass is 32.2. The van der Waals surface area contributed by atoms with Gasteiger partial charge < -0.3 is 19.3 Å². The Balaban J connectivity index is 1.89. The van der Waals surface area contributed by atoms with Gasteiger partial charge in [0.05, 0.1) is 30.4 Å². The topological polar surface area (TPSA) is 123 Å². The summed E-state index contributed by atoms with van der Waals surface area (Å²) in [6.45, 7) is 4.48. The van der Waals surface area contributed by atoms with Gasteiger partial charge in [-0.1, -0.05) is 0 Å². The van der Waals surface area contributed by atoms with Crippen LogP contribution in [-0.4, -0.2) is 87.7 Å². The SMILES string of the molecule is CCOC(=O)N1CCN(c2ccc([N+](=O)[O-])cc2S(=O)(=O)N2CCOCC2)CC1. The molecular formula is C17H24N4O7S. The molecule has 1 amide bonds. The lowest BCUT2D eigenvalue weighted by Gasteiger charge is -2.36. The second kappa shape index (κ2) is 8.93. The Labute approximate surface area is 169 Å². The number of carbonyl (C=O) groups is 1. The van der Waals surface area contributed by atoms with E-state index in [1.54, 1.807) is 11.8 Å². The van der Waals surface area contributed by atoms with Crippen LogP contribution in [0.2, 0.25) is 0 Å². The largest absolute Gasteiger partial charge is 0.450 e. The van der Waals surface area contributed by atoms with Gasteiger partial charge in [0.25, 0.3) is 5.69 Å². The third-order valence-electron chi connectivity index (χ3n) is 4.89. The van der Waals surface area contributed by atoms with Crippen LogP contribution >= 0.6 is 0 Å². The fourth-order valence-corrected chi connectivity index (χ4v) is 4.99. The monoisotopic (exact) mass is 428 g/mol.